The second-order valence-electron chi connectivity index (χ2n) is 6.28. The van der Waals surface area contributed by atoms with Gasteiger partial charge in [0, 0.05) is 6.42 Å². The molecule has 0 radical (unpaired) electrons. The van der Waals surface area contributed by atoms with Crippen molar-refractivity contribution < 1.29 is 9.90 Å². The molecule has 0 heterocycles. The molecule has 0 amide bonds. The molecule has 0 aromatic rings. The van der Waals surface area contributed by atoms with Gasteiger partial charge in [-0.2, -0.15) is 0 Å². The fourth-order valence-corrected chi connectivity index (χ4v) is 3.12. The van der Waals surface area contributed by atoms with Gasteiger partial charge in [0.2, 0.25) is 0 Å². The van der Waals surface area contributed by atoms with E-state index in [0.717, 1.165) is 12.8 Å². The van der Waals surface area contributed by atoms with E-state index in [2.05, 4.69) is 20.8 Å². The normalized spacial score (nSPS) is 11.8. The molecule has 0 aliphatic carbocycles. The quantitative estimate of drug-likeness (QED) is 0.386. The Labute approximate surface area is 126 Å². The molecule has 2 heteroatoms. The van der Waals surface area contributed by atoms with E-state index >= 15 is 0 Å². The first-order valence-electron chi connectivity index (χ1n) is 8.82. The highest BCUT2D eigenvalue weighted by atomic mass is 16.4. The van der Waals surface area contributed by atoms with Crippen LogP contribution in [-0.4, -0.2) is 11.1 Å². The maximum Gasteiger partial charge on any atom is 0.303 e. The molecule has 0 aliphatic heterocycles. The van der Waals surface area contributed by atoms with E-state index in [1.807, 2.05) is 0 Å². The van der Waals surface area contributed by atoms with Crippen molar-refractivity contribution in [3.63, 3.8) is 0 Å². The number of aliphatic carboxylic acids is 1. The van der Waals surface area contributed by atoms with Crippen LogP contribution in [0.2, 0.25) is 0 Å². The van der Waals surface area contributed by atoms with Gasteiger partial charge < -0.3 is 5.11 Å². The van der Waals surface area contributed by atoms with E-state index in [1.54, 1.807) is 0 Å². The Hall–Kier alpha value is -0.530. The van der Waals surface area contributed by atoms with Gasteiger partial charge in [-0.1, -0.05) is 85.0 Å². The Morgan fingerprint density at radius 1 is 0.750 bits per heavy atom. The third-order valence-corrected chi connectivity index (χ3v) is 5.10. The third kappa shape index (κ3) is 9.39. The van der Waals surface area contributed by atoms with Crippen LogP contribution in [-0.2, 0) is 4.79 Å². The van der Waals surface area contributed by atoms with Gasteiger partial charge in [0.1, 0.15) is 0 Å². The predicted molar refractivity (Wildman–Crippen MR) is 87.1 cm³/mol. The van der Waals surface area contributed by atoms with Crippen molar-refractivity contribution in [3.05, 3.63) is 0 Å². The summed E-state index contributed by atoms with van der Waals surface area (Å²) >= 11 is 0. The molecule has 0 aliphatic rings. The molecule has 0 bridgehead atoms. The molecule has 0 unspecified atom stereocenters. The largest absolute Gasteiger partial charge is 0.481 e. The standard InChI is InChI=1S/C18H36O2/c1-4-18(5-2,6-3)16-14-12-10-8-7-9-11-13-15-17(19)20/h4-16H2,1-3H3,(H,19,20). The van der Waals surface area contributed by atoms with Gasteiger partial charge in [-0.15, -0.1) is 0 Å². The summed E-state index contributed by atoms with van der Waals surface area (Å²) in [6.45, 7) is 7.01. The van der Waals surface area contributed by atoms with Crippen LogP contribution in [0.15, 0.2) is 0 Å². The first kappa shape index (κ1) is 19.5. The lowest BCUT2D eigenvalue weighted by molar-refractivity contribution is -0.137. The van der Waals surface area contributed by atoms with Gasteiger partial charge in [-0.3, -0.25) is 4.79 Å². The van der Waals surface area contributed by atoms with E-state index < -0.39 is 5.97 Å². The minimum atomic E-state index is -0.656. The second kappa shape index (κ2) is 12.2. The molecule has 2 nitrogen and oxygen atoms in total. The number of rotatable bonds is 14. The van der Waals surface area contributed by atoms with E-state index in [-0.39, 0.29) is 0 Å². The Kier molecular flexibility index (Phi) is 11.9. The van der Waals surface area contributed by atoms with Crippen LogP contribution in [0.4, 0.5) is 0 Å². The van der Waals surface area contributed by atoms with Gasteiger partial charge in [0.25, 0.3) is 0 Å². The van der Waals surface area contributed by atoms with Crippen molar-refractivity contribution in [1.82, 2.24) is 0 Å². The van der Waals surface area contributed by atoms with Crippen LogP contribution in [0.5, 0.6) is 0 Å². The Morgan fingerprint density at radius 3 is 1.55 bits per heavy atom. The highest BCUT2D eigenvalue weighted by Crippen LogP contribution is 2.36. The lowest BCUT2D eigenvalue weighted by Gasteiger charge is -2.30. The van der Waals surface area contributed by atoms with Gasteiger partial charge in [0.05, 0.1) is 0 Å². The van der Waals surface area contributed by atoms with Crippen molar-refractivity contribution in [2.75, 3.05) is 0 Å². The van der Waals surface area contributed by atoms with E-state index in [1.165, 1.54) is 64.2 Å². The van der Waals surface area contributed by atoms with Gasteiger partial charge in [-0.25, -0.2) is 0 Å². The van der Waals surface area contributed by atoms with Gasteiger partial charge in [0.15, 0.2) is 0 Å². The second-order valence-corrected chi connectivity index (χ2v) is 6.28. The van der Waals surface area contributed by atoms with Gasteiger partial charge in [-0.05, 0) is 18.3 Å². The van der Waals surface area contributed by atoms with Crippen molar-refractivity contribution in [2.45, 2.75) is 104 Å². The highest BCUT2D eigenvalue weighted by Gasteiger charge is 2.22. The number of hydrogen-bond acceptors (Lipinski definition) is 1. The van der Waals surface area contributed by atoms with Crippen LogP contribution < -0.4 is 0 Å². The molecule has 0 spiro atoms. The summed E-state index contributed by atoms with van der Waals surface area (Å²) in [4.78, 5) is 10.4. The average molecular weight is 284 g/mol. The fraction of sp³-hybridized carbons (Fsp3) is 0.944. The monoisotopic (exact) mass is 284 g/mol. The summed E-state index contributed by atoms with van der Waals surface area (Å²) in [6, 6.07) is 0. The van der Waals surface area contributed by atoms with E-state index in [9.17, 15) is 4.79 Å². The van der Waals surface area contributed by atoms with Crippen molar-refractivity contribution in [2.24, 2.45) is 5.41 Å². The first-order chi connectivity index (χ1) is 9.60. The maximum absolute atomic E-state index is 10.4. The van der Waals surface area contributed by atoms with Crippen LogP contribution in [0.25, 0.3) is 0 Å². The molecule has 0 aromatic carbocycles. The summed E-state index contributed by atoms with van der Waals surface area (Å²) < 4.78 is 0. The van der Waals surface area contributed by atoms with E-state index in [4.69, 9.17) is 5.11 Å². The Morgan fingerprint density at radius 2 is 1.15 bits per heavy atom. The minimum absolute atomic E-state index is 0.340. The first-order valence-corrected chi connectivity index (χ1v) is 8.82. The van der Waals surface area contributed by atoms with Crippen LogP contribution in [0.3, 0.4) is 0 Å². The molecule has 0 saturated carbocycles. The number of hydrogen-bond donors (Lipinski definition) is 1. The van der Waals surface area contributed by atoms with Crippen LogP contribution in [0.1, 0.15) is 104 Å². The summed E-state index contributed by atoms with van der Waals surface area (Å²) in [7, 11) is 0. The van der Waals surface area contributed by atoms with Crippen LogP contribution in [0, 0.1) is 5.41 Å². The number of carboxylic acids is 1. The topological polar surface area (TPSA) is 37.3 Å². The average Bonchev–Trinajstić information content (AvgIpc) is 2.45. The molecule has 0 rings (SSSR count). The summed E-state index contributed by atoms with van der Waals surface area (Å²) in [6.07, 6.45) is 15.6. The summed E-state index contributed by atoms with van der Waals surface area (Å²) in [5, 5.41) is 8.54. The fourth-order valence-electron chi connectivity index (χ4n) is 3.12. The molecule has 1 N–H and O–H groups in total. The van der Waals surface area contributed by atoms with Crippen molar-refractivity contribution in [1.29, 1.82) is 0 Å². The molecule has 120 valence electrons. The summed E-state index contributed by atoms with van der Waals surface area (Å²) in [5.41, 5.74) is 0.608. The zero-order valence-electron chi connectivity index (χ0n) is 14.0. The van der Waals surface area contributed by atoms with Crippen molar-refractivity contribution >= 4 is 5.97 Å². The van der Waals surface area contributed by atoms with Crippen LogP contribution >= 0.6 is 0 Å². The predicted octanol–water partition coefficient (Wildman–Crippen LogP) is 6.19. The van der Waals surface area contributed by atoms with Gasteiger partial charge >= 0.3 is 5.97 Å². The molecule has 0 saturated heterocycles. The molecule has 20 heavy (non-hydrogen) atoms. The minimum Gasteiger partial charge on any atom is -0.481 e. The molecule has 0 fully saturated rings. The third-order valence-electron chi connectivity index (χ3n) is 5.10. The highest BCUT2D eigenvalue weighted by molar-refractivity contribution is 5.66. The zero-order valence-corrected chi connectivity index (χ0v) is 14.0. The smallest absolute Gasteiger partial charge is 0.303 e. The maximum atomic E-state index is 10.4. The lowest BCUT2D eigenvalue weighted by atomic mass is 9.75. The molecular weight excluding hydrogens is 248 g/mol. The molecular formula is C18H36O2. The zero-order chi connectivity index (χ0) is 15.3. The number of carbonyl (C=O) groups is 1. The number of unbranched alkanes of at least 4 members (excludes halogenated alkanes) is 7. The SMILES string of the molecule is CCC(CC)(CC)CCCCCCCCCCC(=O)O. The number of carboxylic acid groups (broad SMARTS) is 1. The lowest BCUT2D eigenvalue weighted by Crippen LogP contribution is -2.17. The Balaban J connectivity index is 3.38. The Bertz CT molecular complexity index is 223. The summed E-state index contributed by atoms with van der Waals surface area (Å²) in [5.74, 6) is -0.656. The van der Waals surface area contributed by atoms with Crippen molar-refractivity contribution in [3.8, 4) is 0 Å². The van der Waals surface area contributed by atoms with E-state index in [0.29, 0.717) is 11.8 Å². The molecule has 0 atom stereocenters. The molecule has 0 aromatic heterocycles.